The molecule has 0 N–H and O–H groups in total. The average Bonchev–Trinajstić information content (AvgIpc) is 3.30. The van der Waals surface area contributed by atoms with Crippen molar-refractivity contribution in [2.75, 3.05) is 0 Å². The van der Waals surface area contributed by atoms with Gasteiger partial charge in [0, 0.05) is 31.2 Å². The van der Waals surface area contributed by atoms with Crippen LogP contribution in [0.4, 0.5) is 4.39 Å². The van der Waals surface area contributed by atoms with Gasteiger partial charge in [0.1, 0.15) is 0 Å². The molecule has 1 amide bonds. The van der Waals surface area contributed by atoms with Gasteiger partial charge >= 0.3 is 0 Å². The van der Waals surface area contributed by atoms with E-state index in [4.69, 9.17) is 0 Å². The van der Waals surface area contributed by atoms with E-state index in [1.165, 1.54) is 12.3 Å². The lowest BCUT2D eigenvalue weighted by Crippen LogP contribution is -2.33. The van der Waals surface area contributed by atoms with Gasteiger partial charge in [0.15, 0.2) is 0 Å². The molecule has 3 rings (SSSR count). The number of pyridine rings is 2. The third-order valence-electron chi connectivity index (χ3n) is 3.31. The molecule has 4 nitrogen and oxygen atoms in total. The molecule has 1 aliphatic carbocycles. The Labute approximate surface area is 116 Å². The van der Waals surface area contributed by atoms with E-state index in [-0.39, 0.29) is 17.5 Å². The van der Waals surface area contributed by atoms with Crippen molar-refractivity contribution in [1.29, 1.82) is 0 Å². The van der Waals surface area contributed by atoms with Crippen LogP contribution in [0.25, 0.3) is 0 Å². The topological polar surface area (TPSA) is 46.1 Å². The lowest BCUT2D eigenvalue weighted by atomic mass is 10.2. The number of carbonyl (C=O) groups excluding carboxylic acids is 1. The molecule has 0 radical (unpaired) electrons. The second kappa shape index (κ2) is 5.36. The SMILES string of the molecule is O=C(c1cccnc1F)N(Cc1cccnc1)C1CC1. The van der Waals surface area contributed by atoms with E-state index >= 15 is 0 Å². The van der Waals surface area contributed by atoms with Crippen molar-refractivity contribution in [2.45, 2.75) is 25.4 Å². The molecule has 102 valence electrons. The number of nitrogens with zero attached hydrogens (tertiary/aromatic N) is 3. The Hall–Kier alpha value is -2.30. The number of carbonyl (C=O) groups is 1. The molecular weight excluding hydrogens is 257 g/mol. The van der Waals surface area contributed by atoms with E-state index in [0.717, 1.165) is 18.4 Å². The minimum atomic E-state index is -0.714. The number of amides is 1. The summed E-state index contributed by atoms with van der Waals surface area (Å²) >= 11 is 0. The van der Waals surface area contributed by atoms with Crippen molar-refractivity contribution in [3.05, 3.63) is 59.9 Å². The van der Waals surface area contributed by atoms with Crippen LogP contribution in [0.1, 0.15) is 28.8 Å². The van der Waals surface area contributed by atoms with Crippen LogP contribution in [0.15, 0.2) is 42.9 Å². The van der Waals surface area contributed by atoms with Crippen LogP contribution in [-0.4, -0.2) is 26.8 Å². The summed E-state index contributed by atoms with van der Waals surface area (Å²) in [6, 6.07) is 6.99. The largest absolute Gasteiger partial charge is 0.331 e. The van der Waals surface area contributed by atoms with Crippen LogP contribution in [-0.2, 0) is 6.54 Å². The van der Waals surface area contributed by atoms with Crippen LogP contribution in [0.2, 0.25) is 0 Å². The summed E-state index contributed by atoms with van der Waals surface area (Å²) in [5.41, 5.74) is 0.973. The summed E-state index contributed by atoms with van der Waals surface area (Å²) in [4.78, 5) is 21.8. The second-order valence-electron chi connectivity index (χ2n) is 4.87. The van der Waals surface area contributed by atoms with E-state index in [1.807, 2.05) is 12.1 Å². The van der Waals surface area contributed by atoms with Gasteiger partial charge in [-0.3, -0.25) is 9.78 Å². The van der Waals surface area contributed by atoms with Crippen LogP contribution in [0, 0.1) is 5.95 Å². The lowest BCUT2D eigenvalue weighted by molar-refractivity contribution is 0.0724. The quantitative estimate of drug-likeness (QED) is 0.802. The molecule has 0 bridgehead atoms. The third-order valence-corrected chi connectivity index (χ3v) is 3.31. The molecule has 1 aliphatic rings. The molecule has 0 atom stereocenters. The highest BCUT2D eigenvalue weighted by Gasteiger charge is 2.34. The van der Waals surface area contributed by atoms with E-state index in [0.29, 0.717) is 6.54 Å². The molecule has 2 heterocycles. The minimum Gasteiger partial charge on any atom is -0.331 e. The number of hydrogen-bond donors (Lipinski definition) is 0. The fourth-order valence-electron chi connectivity index (χ4n) is 2.14. The molecule has 0 unspecified atom stereocenters. The Balaban J connectivity index is 1.84. The van der Waals surface area contributed by atoms with Gasteiger partial charge in [-0.1, -0.05) is 6.07 Å². The van der Waals surface area contributed by atoms with Gasteiger partial charge in [0.05, 0.1) is 5.56 Å². The maximum absolute atomic E-state index is 13.7. The number of halogens is 1. The lowest BCUT2D eigenvalue weighted by Gasteiger charge is -2.22. The van der Waals surface area contributed by atoms with Crippen molar-refractivity contribution in [2.24, 2.45) is 0 Å². The zero-order valence-electron chi connectivity index (χ0n) is 10.9. The summed E-state index contributed by atoms with van der Waals surface area (Å²) in [5, 5.41) is 0. The van der Waals surface area contributed by atoms with Crippen molar-refractivity contribution in [1.82, 2.24) is 14.9 Å². The first-order chi connectivity index (χ1) is 9.75. The monoisotopic (exact) mass is 271 g/mol. The summed E-state index contributed by atoms with van der Waals surface area (Å²) in [6.07, 6.45) is 6.69. The number of aromatic nitrogens is 2. The fourth-order valence-corrected chi connectivity index (χ4v) is 2.14. The summed E-state index contributed by atoms with van der Waals surface area (Å²) in [5.74, 6) is -1.02. The molecule has 0 spiro atoms. The molecule has 0 aliphatic heterocycles. The first kappa shape index (κ1) is 12.7. The molecule has 5 heteroatoms. The van der Waals surface area contributed by atoms with Crippen molar-refractivity contribution in [3.8, 4) is 0 Å². The molecular formula is C15H14FN3O. The molecule has 0 aromatic carbocycles. The standard InChI is InChI=1S/C15H14FN3O/c16-14-13(4-2-8-18-14)15(20)19(12-5-6-12)10-11-3-1-7-17-9-11/h1-4,7-9,12H,5-6,10H2. The molecule has 0 saturated heterocycles. The zero-order valence-corrected chi connectivity index (χ0v) is 10.9. The molecule has 2 aromatic heterocycles. The van der Waals surface area contributed by atoms with Gasteiger partial charge in [0.25, 0.3) is 5.91 Å². The highest BCUT2D eigenvalue weighted by Crippen LogP contribution is 2.30. The third kappa shape index (κ3) is 2.66. The first-order valence-electron chi connectivity index (χ1n) is 6.56. The highest BCUT2D eigenvalue weighted by atomic mass is 19.1. The highest BCUT2D eigenvalue weighted by molar-refractivity contribution is 5.94. The smallest absolute Gasteiger partial charge is 0.259 e. The summed E-state index contributed by atoms with van der Waals surface area (Å²) < 4.78 is 13.7. The van der Waals surface area contributed by atoms with E-state index in [2.05, 4.69) is 9.97 Å². The minimum absolute atomic E-state index is 0.0308. The van der Waals surface area contributed by atoms with Crippen LogP contribution < -0.4 is 0 Å². The Bertz CT molecular complexity index is 614. The normalized spacial score (nSPS) is 14.1. The summed E-state index contributed by atoms with van der Waals surface area (Å²) in [6.45, 7) is 0.450. The predicted molar refractivity (Wildman–Crippen MR) is 71.3 cm³/mol. The van der Waals surface area contributed by atoms with Gasteiger partial charge in [-0.2, -0.15) is 4.39 Å². The van der Waals surface area contributed by atoms with Gasteiger partial charge < -0.3 is 4.90 Å². The molecule has 2 aromatic rings. The summed E-state index contributed by atoms with van der Waals surface area (Å²) in [7, 11) is 0. The van der Waals surface area contributed by atoms with Crippen LogP contribution >= 0.6 is 0 Å². The maximum Gasteiger partial charge on any atom is 0.259 e. The van der Waals surface area contributed by atoms with Crippen LogP contribution in [0.3, 0.4) is 0 Å². The van der Waals surface area contributed by atoms with Gasteiger partial charge in [-0.05, 0) is 36.6 Å². The van der Waals surface area contributed by atoms with Gasteiger partial charge in [0.2, 0.25) is 5.95 Å². The number of hydrogen-bond acceptors (Lipinski definition) is 3. The predicted octanol–water partition coefficient (Wildman–Crippen LogP) is 2.42. The second-order valence-corrected chi connectivity index (χ2v) is 4.87. The van der Waals surface area contributed by atoms with Crippen LogP contribution in [0.5, 0.6) is 0 Å². The Morgan fingerprint density at radius 2 is 2.10 bits per heavy atom. The average molecular weight is 271 g/mol. The maximum atomic E-state index is 13.7. The number of rotatable bonds is 4. The van der Waals surface area contributed by atoms with Gasteiger partial charge in [-0.15, -0.1) is 0 Å². The molecule has 1 fully saturated rings. The zero-order chi connectivity index (χ0) is 13.9. The molecule has 20 heavy (non-hydrogen) atoms. The van der Waals surface area contributed by atoms with E-state index in [9.17, 15) is 9.18 Å². The molecule has 1 saturated carbocycles. The van der Waals surface area contributed by atoms with Gasteiger partial charge in [-0.25, -0.2) is 4.98 Å². The Morgan fingerprint density at radius 3 is 2.75 bits per heavy atom. The van der Waals surface area contributed by atoms with E-state index < -0.39 is 5.95 Å². The van der Waals surface area contributed by atoms with Crippen molar-refractivity contribution < 1.29 is 9.18 Å². The fraction of sp³-hybridized carbons (Fsp3) is 0.267. The van der Waals surface area contributed by atoms with Crippen molar-refractivity contribution >= 4 is 5.91 Å². The van der Waals surface area contributed by atoms with Crippen molar-refractivity contribution in [3.63, 3.8) is 0 Å². The first-order valence-corrected chi connectivity index (χ1v) is 6.56. The van der Waals surface area contributed by atoms with E-state index in [1.54, 1.807) is 23.4 Å². The Morgan fingerprint density at radius 1 is 1.30 bits per heavy atom. The Kier molecular flexibility index (Phi) is 3.41.